The van der Waals surface area contributed by atoms with Crippen LogP contribution < -0.4 is 4.74 Å². The van der Waals surface area contributed by atoms with Crippen LogP contribution in [0, 0.1) is 11.3 Å². The van der Waals surface area contributed by atoms with Crippen molar-refractivity contribution in [1.82, 2.24) is 14.7 Å². The smallest absolute Gasteiger partial charge is 0.444 e. The quantitative estimate of drug-likeness (QED) is 0.341. The molecule has 0 aromatic heterocycles. The molecule has 4 rings (SSSR count). The van der Waals surface area contributed by atoms with E-state index < -0.39 is 12.0 Å². The number of alkyl halides is 3. The van der Waals surface area contributed by atoms with E-state index in [1.807, 2.05) is 56.0 Å². The summed E-state index contributed by atoms with van der Waals surface area (Å²) in [4.78, 5) is 32.4. The number of rotatable bonds is 6. The molecule has 10 heteroatoms. The van der Waals surface area contributed by atoms with E-state index in [-0.39, 0.29) is 41.2 Å². The molecule has 2 aliphatic rings. The summed E-state index contributed by atoms with van der Waals surface area (Å²) < 4.78 is 48.0. The van der Waals surface area contributed by atoms with Crippen molar-refractivity contribution >= 4 is 12.0 Å². The van der Waals surface area contributed by atoms with Gasteiger partial charge in [-0.2, -0.15) is 0 Å². The van der Waals surface area contributed by atoms with E-state index in [2.05, 4.69) is 30.4 Å². The van der Waals surface area contributed by atoms with E-state index >= 15 is 0 Å². The van der Waals surface area contributed by atoms with Gasteiger partial charge in [-0.15, -0.1) is 13.2 Å². The second-order valence-electron chi connectivity index (χ2n) is 14.0. The fraction of sp³-hybridized carbons (Fsp3) is 0.588. The van der Waals surface area contributed by atoms with Crippen LogP contribution in [0.15, 0.2) is 54.6 Å². The molecule has 2 atom stereocenters. The summed E-state index contributed by atoms with van der Waals surface area (Å²) in [6, 6.07) is 15.7. The molecule has 2 aromatic carbocycles. The fourth-order valence-electron chi connectivity index (χ4n) is 6.19. The molecule has 0 aliphatic carbocycles. The van der Waals surface area contributed by atoms with Crippen LogP contribution in [-0.4, -0.2) is 77.4 Å². The van der Waals surface area contributed by atoms with Crippen molar-refractivity contribution in [3.05, 3.63) is 65.7 Å². The Labute approximate surface area is 259 Å². The standard InChI is InChI=1S/C34H46F3N3O4/c1-32(2,3)28-23-39(30(25-10-8-7-9-11-25)26-12-14-27(15-13-26)43-34(35,36)37)20-21-40(28)29(41)22-24-16-18-38(19-17-24)31(42)44-33(4,5)6/h7-15,24,28,30H,16-23H2,1-6H3. The molecule has 2 aromatic rings. The first-order chi connectivity index (χ1) is 20.5. The number of amides is 2. The molecule has 2 fully saturated rings. The monoisotopic (exact) mass is 617 g/mol. The normalized spacial score (nSPS) is 19.9. The van der Waals surface area contributed by atoms with Gasteiger partial charge in [0, 0.05) is 45.2 Å². The first-order valence-corrected chi connectivity index (χ1v) is 15.4. The average Bonchev–Trinajstić information content (AvgIpc) is 2.93. The number of piperidine rings is 1. The molecule has 2 amide bonds. The Morgan fingerprint density at radius 3 is 1.98 bits per heavy atom. The van der Waals surface area contributed by atoms with Gasteiger partial charge in [0.15, 0.2) is 0 Å². The zero-order valence-corrected chi connectivity index (χ0v) is 26.7. The van der Waals surface area contributed by atoms with E-state index in [4.69, 9.17) is 4.74 Å². The van der Waals surface area contributed by atoms with Crippen molar-refractivity contribution in [2.24, 2.45) is 11.3 Å². The zero-order chi connectivity index (χ0) is 32.3. The first-order valence-electron chi connectivity index (χ1n) is 15.4. The number of carbonyl (C=O) groups excluding carboxylic acids is 2. The number of halogens is 3. The zero-order valence-electron chi connectivity index (χ0n) is 26.7. The highest BCUT2D eigenvalue weighted by molar-refractivity contribution is 5.77. The SMILES string of the molecule is CC(C)(C)OC(=O)N1CCC(CC(=O)N2CCN(C(c3ccccc3)c3ccc(OC(F)(F)F)cc3)CC2C(C)(C)C)CC1. The van der Waals surface area contributed by atoms with Gasteiger partial charge in [-0.1, -0.05) is 63.2 Å². The van der Waals surface area contributed by atoms with Crippen LogP contribution >= 0.6 is 0 Å². The second-order valence-corrected chi connectivity index (χ2v) is 14.0. The van der Waals surface area contributed by atoms with E-state index in [0.717, 1.165) is 24.0 Å². The van der Waals surface area contributed by atoms with E-state index in [1.165, 1.54) is 12.1 Å². The summed E-state index contributed by atoms with van der Waals surface area (Å²) in [7, 11) is 0. The lowest BCUT2D eigenvalue weighted by Crippen LogP contribution is -2.60. The van der Waals surface area contributed by atoms with Gasteiger partial charge in [-0.25, -0.2) is 4.79 Å². The second kappa shape index (κ2) is 13.4. The van der Waals surface area contributed by atoms with Gasteiger partial charge in [0.1, 0.15) is 11.4 Å². The predicted octanol–water partition coefficient (Wildman–Crippen LogP) is 7.27. The maximum absolute atomic E-state index is 13.8. The summed E-state index contributed by atoms with van der Waals surface area (Å²) in [6.07, 6.45) is -3.10. The molecule has 2 heterocycles. The van der Waals surface area contributed by atoms with E-state index in [1.54, 1.807) is 17.0 Å². The highest BCUT2D eigenvalue weighted by Crippen LogP contribution is 2.37. The Morgan fingerprint density at radius 2 is 1.43 bits per heavy atom. The lowest BCUT2D eigenvalue weighted by atomic mass is 9.82. The Kier molecular flexibility index (Phi) is 10.2. The molecule has 0 saturated carbocycles. The molecule has 0 radical (unpaired) electrons. The molecule has 0 bridgehead atoms. The van der Waals surface area contributed by atoms with Gasteiger partial charge in [0.2, 0.25) is 5.91 Å². The number of benzene rings is 2. The predicted molar refractivity (Wildman–Crippen MR) is 163 cm³/mol. The van der Waals surface area contributed by atoms with Crippen LogP contribution in [-0.2, 0) is 9.53 Å². The highest BCUT2D eigenvalue weighted by atomic mass is 19.4. The molecule has 242 valence electrons. The summed E-state index contributed by atoms with van der Waals surface area (Å²) >= 11 is 0. The lowest BCUT2D eigenvalue weighted by Gasteiger charge is -2.50. The van der Waals surface area contributed by atoms with Gasteiger partial charge in [0.05, 0.1) is 6.04 Å². The molecule has 44 heavy (non-hydrogen) atoms. The topological polar surface area (TPSA) is 62.3 Å². The molecular weight excluding hydrogens is 571 g/mol. The molecule has 2 saturated heterocycles. The van der Waals surface area contributed by atoms with Crippen molar-refractivity contribution in [3.8, 4) is 5.75 Å². The van der Waals surface area contributed by atoms with Crippen molar-refractivity contribution in [3.63, 3.8) is 0 Å². The third kappa shape index (κ3) is 9.13. The molecule has 2 unspecified atom stereocenters. The van der Waals surface area contributed by atoms with Gasteiger partial charge in [-0.3, -0.25) is 9.69 Å². The van der Waals surface area contributed by atoms with Crippen LogP contribution in [0.5, 0.6) is 5.75 Å². The number of ether oxygens (including phenoxy) is 2. The minimum absolute atomic E-state index is 0.0651. The van der Waals surface area contributed by atoms with E-state index in [9.17, 15) is 22.8 Å². The Balaban J connectivity index is 1.47. The Bertz CT molecular complexity index is 1250. The maximum atomic E-state index is 13.8. The molecule has 7 nitrogen and oxygen atoms in total. The number of hydrogen-bond donors (Lipinski definition) is 0. The largest absolute Gasteiger partial charge is 0.573 e. The summed E-state index contributed by atoms with van der Waals surface area (Å²) in [5, 5.41) is 0. The van der Waals surface area contributed by atoms with Crippen LogP contribution in [0.4, 0.5) is 18.0 Å². The Morgan fingerprint density at radius 1 is 0.841 bits per heavy atom. The van der Waals surface area contributed by atoms with E-state index in [0.29, 0.717) is 39.1 Å². The molecule has 2 aliphatic heterocycles. The number of likely N-dealkylation sites (tertiary alicyclic amines) is 1. The van der Waals surface area contributed by atoms with Crippen LogP contribution in [0.1, 0.15) is 78.0 Å². The van der Waals surface area contributed by atoms with Crippen LogP contribution in [0.25, 0.3) is 0 Å². The number of carbonyl (C=O) groups is 2. The van der Waals surface area contributed by atoms with Crippen molar-refractivity contribution < 1.29 is 32.2 Å². The minimum atomic E-state index is -4.75. The number of piperazine rings is 1. The molecular formula is C34H46F3N3O4. The number of hydrogen-bond acceptors (Lipinski definition) is 5. The van der Waals surface area contributed by atoms with Crippen LogP contribution in [0.3, 0.4) is 0 Å². The molecule has 0 N–H and O–H groups in total. The van der Waals surface area contributed by atoms with Crippen molar-refractivity contribution in [2.75, 3.05) is 32.7 Å². The molecule has 0 spiro atoms. The van der Waals surface area contributed by atoms with Crippen LogP contribution in [0.2, 0.25) is 0 Å². The first kappa shape index (κ1) is 33.6. The lowest BCUT2D eigenvalue weighted by molar-refractivity contribution is -0.274. The van der Waals surface area contributed by atoms with Gasteiger partial charge < -0.3 is 19.3 Å². The number of nitrogens with zero attached hydrogens (tertiary/aromatic N) is 3. The van der Waals surface area contributed by atoms with Gasteiger partial charge in [0.25, 0.3) is 0 Å². The third-order valence-corrected chi connectivity index (χ3v) is 8.37. The summed E-state index contributed by atoms with van der Waals surface area (Å²) in [5.41, 5.74) is 1.13. The van der Waals surface area contributed by atoms with Crippen molar-refractivity contribution in [1.29, 1.82) is 0 Å². The van der Waals surface area contributed by atoms with Crippen molar-refractivity contribution in [2.45, 2.75) is 84.9 Å². The summed E-state index contributed by atoms with van der Waals surface area (Å²) in [6.45, 7) is 14.9. The fourth-order valence-corrected chi connectivity index (χ4v) is 6.19. The Hall–Kier alpha value is -3.27. The summed E-state index contributed by atoms with van der Waals surface area (Å²) in [5.74, 6) is 0.0764. The van der Waals surface area contributed by atoms with Gasteiger partial charge in [-0.05, 0) is 68.2 Å². The maximum Gasteiger partial charge on any atom is 0.573 e. The average molecular weight is 618 g/mol. The minimum Gasteiger partial charge on any atom is -0.444 e. The van der Waals surface area contributed by atoms with Gasteiger partial charge >= 0.3 is 12.5 Å². The third-order valence-electron chi connectivity index (χ3n) is 8.37. The highest BCUT2D eigenvalue weighted by Gasteiger charge is 2.41.